The van der Waals surface area contributed by atoms with Gasteiger partial charge in [-0.25, -0.2) is 14.2 Å². The van der Waals surface area contributed by atoms with Crippen molar-refractivity contribution in [3.63, 3.8) is 0 Å². The Kier molecular flexibility index (Phi) is 6.12. The number of carboxylic acids is 1. The van der Waals surface area contributed by atoms with E-state index in [1.54, 1.807) is 24.4 Å². The van der Waals surface area contributed by atoms with E-state index in [0.717, 1.165) is 40.9 Å². The number of pyridine rings is 1. The van der Waals surface area contributed by atoms with Crippen LogP contribution in [-0.2, 0) is 0 Å². The number of aromatic carboxylic acids is 1. The number of nitrogens with zero attached hydrogens (tertiary/aromatic N) is 6. The Morgan fingerprint density at radius 3 is 2.82 bits per heavy atom. The standard InChI is InChI=1S/C25H19ClFN7O3S/c26-15-4-6-20(33-12-29-31-32-33)16(8-15)14-3-5-21(34(37)10-14)17(7-13-1-2-13)24-28-9-19(30-24)18-11-38-23(22(18)27)25(35)36/h3-6,8-13,17H,1-2,7H2,(H2-,28,30,35,36,37)/p+1. The van der Waals surface area contributed by atoms with E-state index in [1.807, 2.05) is 12.1 Å². The molecule has 5 aromatic rings. The quantitative estimate of drug-likeness (QED) is 0.187. The average molecular weight is 553 g/mol. The summed E-state index contributed by atoms with van der Waals surface area (Å²) in [4.78, 5) is 18.6. The van der Waals surface area contributed by atoms with E-state index in [2.05, 4.69) is 25.5 Å². The number of nitrogens with one attached hydrogen (secondary N) is 1. The highest BCUT2D eigenvalue weighted by Gasteiger charge is 2.35. The first-order valence-electron chi connectivity index (χ1n) is 11.7. The summed E-state index contributed by atoms with van der Waals surface area (Å²) in [5.74, 6) is -1.35. The topological polar surface area (TPSA) is 134 Å². The van der Waals surface area contributed by atoms with Crippen LogP contribution in [0.15, 0.2) is 54.4 Å². The Balaban J connectivity index is 1.37. The second-order valence-corrected chi connectivity index (χ2v) is 10.4. The van der Waals surface area contributed by atoms with Crippen LogP contribution in [0.2, 0.25) is 5.02 Å². The number of thiophene rings is 1. The molecule has 1 atom stereocenters. The van der Waals surface area contributed by atoms with Gasteiger partial charge < -0.3 is 10.1 Å². The van der Waals surface area contributed by atoms with Gasteiger partial charge in [-0.1, -0.05) is 24.4 Å². The summed E-state index contributed by atoms with van der Waals surface area (Å²) in [6, 6.07) is 9.00. The predicted molar refractivity (Wildman–Crippen MR) is 135 cm³/mol. The molecular formula is C25H20ClFN7O3S+. The summed E-state index contributed by atoms with van der Waals surface area (Å²) in [7, 11) is 0. The summed E-state index contributed by atoms with van der Waals surface area (Å²) in [6.07, 6.45) is 7.48. The minimum atomic E-state index is -1.31. The molecular weight excluding hydrogens is 533 g/mol. The van der Waals surface area contributed by atoms with Crippen molar-refractivity contribution < 1.29 is 24.2 Å². The van der Waals surface area contributed by atoms with Crippen molar-refractivity contribution in [1.82, 2.24) is 30.2 Å². The molecule has 0 spiro atoms. The second-order valence-electron chi connectivity index (χ2n) is 9.11. The summed E-state index contributed by atoms with van der Waals surface area (Å²) in [5, 5.41) is 33.6. The zero-order valence-electron chi connectivity index (χ0n) is 19.6. The molecule has 13 heteroatoms. The highest BCUT2D eigenvalue weighted by atomic mass is 35.5. The highest BCUT2D eigenvalue weighted by Crippen LogP contribution is 2.41. The highest BCUT2D eigenvalue weighted by molar-refractivity contribution is 7.12. The number of halogens is 2. The minimum Gasteiger partial charge on any atom is -0.477 e. The Morgan fingerprint density at radius 2 is 2.13 bits per heavy atom. The van der Waals surface area contributed by atoms with Crippen molar-refractivity contribution >= 4 is 28.9 Å². The Bertz CT molecular complexity index is 1650. The van der Waals surface area contributed by atoms with Gasteiger partial charge in [-0.05, 0) is 47.0 Å². The first-order valence-corrected chi connectivity index (χ1v) is 13.0. The first-order chi connectivity index (χ1) is 18.4. The zero-order valence-corrected chi connectivity index (χ0v) is 21.2. The normalized spacial score (nSPS) is 14.1. The lowest BCUT2D eigenvalue weighted by atomic mass is 9.95. The lowest BCUT2D eigenvalue weighted by Gasteiger charge is -2.12. The third kappa shape index (κ3) is 4.52. The monoisotopic (exact) mass is 552 g/mol. The van der Waals surface area contributed by atoms with Gasteiger partial charge in [0.15, 0.2) is 5.82 Å². The van der Waals surface area contributed by atoms with Gasteiger partial charge in [0, 0.05) is 32.3 Å². The van der Waals surface area contributed by atoms with Crippen LogP contribution in [0.25, 0.3) is 28.1 Å². The van der Waals surface area contributed by atoms with Crippen LogP contribution in [0.3, 0.4) is 0 Å². The fourth-order valence-corrected chi connectivity index (χ4v) is 5.48. The van der Waals surface area contributed by atoms with Crippen LogP contribution >= 0.6 is 22.9 Å². The third-order valence-electron chi connectivity index (χ3n) is 6.59. The first kappa shape index (κ1) is 24.2. The van der Waals surface area contributed by atoms with Crippen molar-refractivity contribution in [2.24, 2.45) is 5.92 Å². The van der Waals surface area contributed by atoms with Gasteiger partial charge in [-0.3, -0.25) is 5.21 Å². The molecule has 1 fully saturated rings. The minimum absolute atomic E-state index is 0.152. The van der Waals surface area contributed by atoms with E-state index >= 15 is 0 Å². The maximum absolute atomic E-state index is 14.7. The lowest BCUT2D eigenvalue weighted by molar-refractivity contribution is -0.909. The molecule has 3 N–H and O–H groups in total. The molecule has 1 unspecified atom stereocenters. The number of H-pyrrole nitrogens is 1. The van der Waals surface area contributed by atoms with Crippen LogP contribution in [0.4, 0.5) is 4.39 Å². The zero-order chi connectivity index (χ0) is 26.4. The van der Waals surface area contributed by atoms with Gasteiger partial charge in [-0.2, -0.15) is 4.68 Å². The second kappa shape index (κ2) is 9.62. The van der Waals surface area contributed by atoms with Crippen LogP contribution in [-0.4, -0.2) is 46.5 Å². The van der Waals surface area contributed by atoms with E-state index < -0.39 is 11.8 Å². The smallest absolute Gasteiger partial charge is 0.348 e. The maximum atomic E-state index is 14.7. The summed E-state index contributed by atoms with van der Waals surface area (Å²) in [6.45, 7) is 0. The molecule has 0 amide bonds. The molecule has 1 aromatic carbocycles. The van der Waals surface area contributed by atoms with Gasteiger partial charge >= 0.3 is 5.97 Å². The molecule has 1 aliphatic rings. The lowest BCUT2D eigenvalue weighted by Crippen LogP contribution is -2.37. The molecule has 1 aliphatic carbocycles. The van der Waals surface area contributed by atoms with Crippen LogP contribution in [0.5, 0.6) is 0 Å². The van der Waals surface area contributed by atoms with Crippen molar-refractivity contribution in [2.45, 2.75) is 25.2 Å². The van der Waals surface area contributed by atoms with Gasteiger partial charge in [0.05, 0.1) is 23.1 Å². The van der Waals surface area contributed by atoms with Gasteiger partial charge in [0.25, 0.3) is 0 Å². The Labute approximate surface area is 223 Å². The predicted octanol–water partition coefficient (Wildman–Crippen LogP) is 4.73. The summed E-state index contributed by atoms with van der Waals surface area (Å²) in [5.41, 5.74) is 3.24. The SMILES string of the molecule is O=C(O)c1scc(-c2cnc(C(CC3CC3)c3ccc(-c4cc(Cl)ccc4-n4cnnn4)c[n+]3O)[nH]2)c1F. The molecule has 192 valence electrons. The van der Waals surface area contributed by atoms with E-state index in [9.17, 15) is 19.5 Å². The molecule has 1 saturated carbocycles. The molecule has 0 radical (unpaired) electrons. The van der Waals surface area contributed by atoms with Crippen LogP contribution in [0.1, 0.15) is 46.4 Å². The molecule has 6 rings (SSSR count). The molecule has 0 saturated heterocycles. The van der Waals surface area contributed by atoms with E-state index in [4.69, 9.17) is 11.6 Å². The largest absolute Gasteiger partial charge is 0.477 e. The Morgan fingerprint density at radius 1 is 1.29 bits per heavy atom. The number of imidazole rings is 1. The van der Waals surface area contributed by atoms with Gasteiger partial charge in [-0.15, -0.1) is 16.4 Å². The molecule has 4 aromatic heterocycles. The number of tetrazole rings is 1. The molecule has 0 bridgehead atoms. The average Bonchev–Trinajstić information content (AvgIpc) is 3.27. The number of benzene rings is 1. The number of rotatable bonds is 8. The fraction of sp³-hybridized carbons (Fsp3) is 0.200. The van der Waals surface area contributed by atoms with Crippen molar-refractivity contribution in [3.05, 3.63) is 81.7 Å². The van der Waals surface area contributed by atoms with Gasteiger partial charge in [0.1, 0.15) is 22.9 Å². The number of aromatic amines is 1. The van der Waals surface area contributed by atoms with Crippen LogP contribution in [0, 0.1) is 11.7 Å². The fourth-order valence-electron chi connectivity index (χ4n) is 4.53. The van der Waals surface area contributed by atoms with Gasteiger partial charge in [0.2, 0.25) is 11.9 Å². The number of carbonyl (C=O) groups is 1. The van der Waals surface area contributed by atoms with E-state index in [-0.39, 0.29) is 16.4 Å². The molecule has 38 heavy (non-hydrogen) atoms. The summed E-state index contributed by atoms with van der Waals surface area (Å²) < 4.78 is 17.3. The number of hydrogen-bond donors (Lipinski definition) is 3. The Hall–Kier alpha value is -4.16. The van der Waals surface area contributed by atoms with E-state index in [0.29, 0.717) is 39.4 Å². The molecule has 10 nitrogen and oxygen atoms in total. The van der Waals surface area contributed by atoms with E-state index in [1.165, 1.54) is 22.6 Å². The maximum Gasteiger partial charge on any atom is 0.348 e. The molecule has 0 aliphatic heterocycles. The van der Waals surface area contributed by atoms with Crippen molar-refractivity contribution in [3.8, 4) is 28.1 Å². The number of hydrogen-bond acceptors (Lipinski definition) is 7. The van der Waals surface area contributed by atoms with Crippen molar-refractivity contribution in [1.29, 1.82) is 0 Å². The van der Waals surface area contributed by atoms with Crippen LogP contribution < -0.4 is 4.73 Å². The number of carboxylic acid groups (broad SMARTS) is 1. The molecule has 4 heterocycles. The van der Waals surface area contributed by atoms with Crippen molar-refractivity contribution in [2.75, 3.05) is 0 Å². The number of aromatic nitrogens is 7. The summed E-state index contributed by atoms with van der Waals surface area (Å²) >= 11 is 7.10. The third-order valence-corrected chi connectivity index (χ3v) is 7.77.